The Morgan fingerprint density at radius 3 is 2.95 bits per heavy atom. The number of hydrogen-bond acceptors (Lipinski definition) is 3. The average Bonchev–Trinajstić information content (AvgIpc) is 2.69. The minimum absolute atomic E-state index is 0.0529. The van der Waals surface area contributed by atoms with E-state index in [-0.39, 0.29) is 5.91 Å². The van der Waals surface area contributed by atoms with Gasteiger partial charge in [-0.25, -0.2) is 0 Å². The molecule has 1 amide bonds. The van der Waals surface area contributed by atoms with Crippen molar-refractivity contribution in [3.8, 4) is 0 Å². The molecular formula is C15H13N3O. The molecule has 0 unspecified atom stereocenters. The number of pyridine rings is 1. The van der Waals surface area contributed by atoms with Crippen molar-refractivity contribution >= 4 is 11.6 Å². The summed E-state index contributed by atoms with van der Waals surface area (Å²) >= 11 is 0. The van der Waals surface area contributed by atoms with E-state index in [1.54, 1.807) is 41.8 Å². The fourth-order valence-corrected chi connectivity index (χ4v) is 2.05. The normalized spacial score (nSPS) is 13.4. The molecule has 3 rings (SSSR count). The Hall–Kier alpha value is -2.62. The number of aromatic nitrogens is 1. The SMILES string of the molecule is O=C(c1cccnc1)N1C=CNc2ccccc2C1. The number of amides is 1. The number of para-hydroxylation sites is 1. The number of benzene rings is 1. The van der Waals surface area contributed by atoms with Gasteiger partial charge in [-0.1, -0.05) is 18.2 Å². The van der Waals surface area contributed by atoms with Crippen LogP contribution in [0.5, 0.6) is 0 Å². The molecule has 0 saturated carbocycles. The summed E-state index contributed by atoms with van der Waals surface area (Å²) in [5.74, 6) is -0.0529. The standard InChI is InChI=1S/C15H13N3O/c19-15(12-5-3-7-16-10-12)18-9-8-17-14-6-2-1-4-13(14)11-18/h1-10,17H,11H2. The third kappa shape index (κ3) is 2.33. The van der Waals surface area contributed by atoms with Crippen molar-refractivity contribution in [1.29, 1.82) is 0 Å². The summed E-state index contributed by atoms with van der Waals surface area (Å²) in [4.78, 5) is 18.0. The fraction of sp³-hybridized carbons (Fsp3) is 0.0667. The van der Waals surface area contributed by atoms with Gasteiger partial charge in [-0.3, -0.25) is 9.78 Å². The van der Waals surface area contributed by atoms with Gasteiger partial charge in [0.25, 0.3) is 5.91 Å². The van der Waals surface area contributed by atoms with Crippen molar-refractivity contribution < 1.29 is 4.79 Å². The molecule has 2 aromatic rings. The van der Waals surface area contributed by atoms with E-state index in [0.29, 0.717) is 12.1 Å². The second kappa shape index (κ2) is 4.94. The monoisotopic (exact) mass is 251 g/mol. The topological polar surface area (TPSA) is 45.2 Å². The quantitative estimate of drug-likeness (QED) is 0.847. The zero-order valence-electron chi connectivity index (χ0n) is 10.3. The zero-order valence-corrected chi connectivity index (χ0v) is 10.3. The Labute approximate surface area is 111 Å². The van der Waals surface area contributed by atoms with Crippen LogP contribution in [0.1, 0.15) is 15.9 Å². The Bertz CT molecular complexity index is 622. The maximum atomic E-state index is 12.4. The molecule has 0 fully saturated rings. The molecule has 0 aliphatic carbocycles. The molecule has 19 heavy (non-hydrogen) atoms. The summed E-state index contributed by atoms with van der Waals surface area (Å²) in [6, 6.07) is 11.5. The van der Waals surface area contributed by atoms with Gasteiger partial charge in [0.05, 0.1) is 12.1 Å². The van der Waals surface area contributed by atoms with Crippen molar-refractivity contribution in [2.24, 2.45) is 0 Å². The molecule has 1 aromatic carbocycles. The first-order valence-corrected chi connectivity index (χ1v) is 6.07. The van der Waals surface area contributed by atoms with Gasteiger partial charge in [-0.05, 0) is 23.8 Å². The second-order valence-corrected chi connectivity index (χ2v) is 4.29. The predicted molar refractivity (Wildman–Crippen MR) is 73.3 cm³/mol. The van der Waals surface area contributed by atoms with Gasteiger partial charge in [0.15, 0.2) is 0 Å². The minimum Gasteiger partial charge on any atom is -0.360 e. The number of hydrogen-bond donors (Lipinski definition) is 1. The molecule has 4 heteroatoms. The predicted octanol–water partition coefficient (Wildman–Crippen LogP) is 2.62. The van der Waals surface area contributed by atoms with E-state index in [2.05, 4.69) is 10.3 Å². The molecule has 1 aliphatic heterocycles. The summed E-state index contributed by atoms with van der Waals surface area (Å²) in [6.07, 6.45) is 6.78. The first-order valence-electron chi connectivity index (χ1n) is 6.07. The van der Waals surface area contributed by atoms with Crippen LogP contribution >= 0.6 is 0 Å². The number of nitrogens with one attached hydrogen (secondary N) is 1. The summed E-state index contributed by atoms with van der Waals surface area (Å²) in [5.41, 5.74) is 2.71. The molecule has 4 nitrogen and oxygen atoms in total. The maximum absolute atomic E-state index is 12.4. The molecular weight excluding hydrogens is 238 g/mol. The highest BCUT2D eigenvalue weighted by Gasteiger charge is 2.17. The second-order valence-electron chi connectivity index (χ2n) is 4.29. The lowest BCUT2D eigenvalue weighted by molar-refractivity contribution is 0.0814. The summed E-state index contributed by atoms with van der Waals surface area (Å²) in [7, 11) is 0. The highest BCUT2D eigenvalue weighted by Crippen LogP contribution is 2.21. The number of fused-ring (bicyclic) bond motifs is 1. The highest BCUT2D eigenvalue weighted by atomic mass is 16.2. The van der Waals surface area contributed by atoms with E-state index in [1.807, 2.05) is 24.3 Å². The third-order valence-corrected chi connectivity index (χ3v) is 3.02. The maximum Gasteiger partial charge on any atom is 0.259 e. The van der Waals surface area contributed by atoms with Gasteiger partial charge in [0.1, 0.15) is 0 Å². The van der Waals surface area contributed by atoms with E-state index >= 15 is 0 Å². The summed E-state index contributed by atoms with van der Waals surface area (Å²) < 4.78 is 0. The molecule has 0 spiro atoms. The smallest absolute Gasteiger partial charge is 0.259 e. The number of rotatable bonds is 1. The van der Waals surface area contributed by atoms with E-state index < -0.39 is 0 Å². The van der Waals surface area contributed by atoms with Crippen LogP contribution < -0.4 is 5.32 Å². The van der Waals surface area contributed by atoms with Crippen molar-refractivity contribution in [2.75, 3.05) is 5.32 Å². The number of carbonyl (C=O) groups excluding carboxylic acids is 1. The first kappa shape index (κ1) is 11.5. The Morgan fingerprint density at radius 1 is 1.21 bits per heavy atom. The van der Waals surface area contributed by atoms with Crippen LogP contribution in [0.4, 0.5) is 5.69 Å². The van der Waals surface area contributed by atoms with Crippen LogP contribution in [0.3, 0.4) is 0 Å². The molecule has 1 aromatic heterocycles. The van der Waals surface area contributed by atoms with Crippen LogP contribution in [-0.4, -0.2) is 15.8 Å². The van der Waals surface area contributed by atoms with E-state index in [0.717, 1.165) is 11.3 Å². The van der Waals surface area contributed by atoms with Crippen LogP contribution in [0, 0.1) is 0 Å². The molecule has 0 saturated heterocycles. The number of nitrogens with zero attached hydrogens (tertiary/aromatic N) is 2. The molecule has 0 atom stereocenters. The Morgan fingerprint density at radius 2 is 2.11 bits per heavy atom. The molecule has 0 bridgehead atoms. The zero-order chi connectivity index (χ0) is 13.1. The van der Waals surface area contributed by atoms with Crippen molar-refractivity contribution in [3.05, 3.63) is 72.3 Å². The molecule has 2 heterocycles. The average molecular weight is 251 g/mol. The van der Waals surface area contributed by atoms with Crippen LogP contribution in [0.15, 0.2) is 61.2 Å². The lowest BCUT2D eigenvalue weighted by Crippen LogP contribution is -2.24. The third-order valence-electron chi connectivity index (χ3n) is 3.02. The van der Waals surface area contributed by atoms with Gasteiger partial charge >= 0.3 is 0 Å². The van der Waals surface area contributed by atoms with Gasteiger partial charge in [0, 0.05) is 30.5 Å². The number of anilines is 1. The van der Waals surface area contributed by atoms with Crippen LogP contribution in [0.25, 0.3) is 0 Å². The molecule has 94 valence electrons. The number of carbonyl (C=O) groups is 1. The highest BCUT2D eigenvalue weighted by molar-refractivity contribution is 5.94. The van der Waals surface area contributed by atoms with E-state index in [9.17, 15) is 4.79 Å². The lowest BCUT2D eigenvalue weighted by atomic mass is 10.1. The lowest BCUT2D eigenvalue weighted by Gasteiger charge is -2.17. The van der Waals surface area contributed by atoms with E-state index in [1.165, 1.54) is 0 Å². The Kier molecular flexibility index (Phi) is 2.98. The summed E-state index contributed by atoms with van der Waals surface area (Å²) in [6.45, 7) is 0.549. The fourth-order valence-electron chi connectivity index (χ4n) is 2.05. The molecule has 1 N–H and O–H groups in total. The van der Waals surface area contributed by atoms with Crippen LogP contribution in [0.2, 0.25) is 0 Å². The summed E-state index contributed by atoms with van der Waals surface area (Å²) in [5, 5.41) is 3.17. The van der Waals surface area contributed by atoms with E-state index in [4.69, 9.17) is 0 Å². The first-order chi connectivity index (χ1) is 9.34. The van der Waals surface area contributed by atoms with Crippen molar-refractivity contribution in [3.63, 3.8) is 0 Å². The van der Waals surface area contributed by atoms with Gasteiger partial charge < -0.3 is 10.2 Å². The largest absolute Gasteiger partial charge is 0.360 e. The van der Waals surface area contributed by atoms with Gasteiger partial charge in [-0.15, -0.1) is 0 Å². The van der Waals surface area contributed by atoms with Crippen LogP contribution in [-0.2, 0) is 6.54 Å². The Balaban J connectivity index is 1.89. The van der Waals surface area contributed by atoms with Gasteiger partial charge in [0.2, 0.25) is 0 Å². The molecule has 1 aliphatic rings. The minimum atomic E-state index is -0.0529. The molecule has 0 radical (unpaired) electrons. The van der Waals surface area contributed by atoms with Crippen molar-refractivity contribution in [1.82, 2.24) is 9.88 Å². The van der Waals surface area contributed by atoms with Gasteiger partial charge in [-0.2, -0.15) is 0 Å². The van der Waals surface area contributed by atoms with Crippen molar-refractivity contribution in [2.45, 2.75) is 6.54 Å².